The van der Waals surface area contributed by atoms with Crippen molar-refractivity contribution in [3.63, 3.8) is 0 Å². The van der Waals surface area contributed by atoms with Crippen LogP contribution in [0.5, 0.6) is 0 Å². The van der Waals surface area contributed by atoms with E-state index < -0.39 is 24.7 Å². The van der Waals surface area contributed by atoms with Gasteiger partial charge in [-0.2, -0.15) is 13.2 Å². The van der Waals surface area contributed by atoms with E-state index in [9.17, 15) is 22.8 Å². The van der Waals surface area contributed by atoms with E-state index in [0.717, 1.165) is 24.5 Å². The van der Waals surface area contributed by atoms with Gasteiger partial charge in [0.25, 0.3) is 0 Å². The SMILES string of the molecule is C=CC(=O)Nc1ccc(CCC(=O)NCC(OC2CCCC2)C(F)(F)F)cc1. The molecular weight excluding hydrogens is 373 g/mol. The number of halogens is 3. The second kappa shape index (κ2) is 10.3. The van der Waals surface area contributed by atoms with Crippen LogP contribution in [0.2, 0.25) is 0 Å². The maximum atomic E-state index is 13.1. The fraction of sp³-hybridized carbons (Fsp3) is 0.500. The zero-order valence-electron chi connectivity index (χ0n) is 15.6. The Morgan fingerprint density at radius 3 is 2.43 bits per heavy atom. The highest BCUT2D eigenvalue weighted by Gasteiger charge is 2.42. The van der Waals surface area contributed by atoms with Gasteiger partial charge in [0.15, 0.2) is 6.10 Å². The number of carbonyl (C=O) groups excluding carboxylic acids is 2. The van der Waals surface area contributed by atoms with Gasteiger partial charge in [-0.05, 0) is 43.0 Å². The second-order valence-electron chi connectivity index (χ2n) is 6.77. The van der Waals surface area contributed by atoms with Crippen LogP contribution in [0, 0.1) is 0 Å². The molecular formula is C20H25F3N2O3. The summed E-state index contributed by atoms with van der Waals surface area (Å²) >= 11 is 0. The molecule has 0 aromatic heterocycles. The lowest BCUT2D eigenvalue weighted by atomic mass is 10.1. The van der Waals surface area contributed by atoms with Gasteiger partial charge in [0, 0.05) is 12.1 Å². The molecule has 0 heterocycles. The Labute approximate surface area is 162 Å². The Hall–Kier alpha value is -2.35. The number of carbonyl (C=O) groups is 2. The van der Waals surface area contributed by atoms with Crippen molar-refractivity contribution in [3.8, 4) is 0 Å². The number of nitrogens with one attached hydrogen (secondary N) is 2. The number of hydrogen-bond donors (Lipinski definition) is 2. The fourth-order valence-corrected chi connectivity index (χ4v) is 3.00. The molecule has 1 aliphatic carbocycles. The lowest BCUT2D eigenvalue weighted by molar-refractivity contribution is -0.230. The zero-order valence-corrected chi connectivity index (χ0v) is 15.6. The minimum absolute atomic E-state index is 0.0619. The maximum Gasteiger partial charge on any atom is 0.416 e. The summed E-state index contributed by atoms with van der Waals surface area (Å²) in [5.74, 6) is -0.792. The van der Waals surface area contributed by atoms with Crippen molar-refractivity contribution in [2.75, 3.05) is 11.9 Å². The van der Waals surface area contributed by atoms with Gasteiger partial charge in [0.1, 0.15) is 0 Å². The fourth-order valence-electron chi connectivity index (χ4n) is 3.00. The van der Waals surface area contributed by atoms with Crippen molar-refractivity contribution in [3.05, 3.63) is 42.5 Å². The van der Waals surface area contributed by atoms with E-state index in [2.05, 4.69) is 17.2 Å². The molecule has 0 radical (unpaired) electrons. The first-order valence-electron chi connectivity index (χ1n) is 9.29. The molecule has 2 rings (SSSR count). The van der Waals surface area contributed by atoms with Gasteiger partial charge >= 0.3 is 6.18 Å². The zero-order chi connectivity index (χ0) is 20.6. The average molecular weight is 398 g/mol. The van der Waals surface area contributed by atoms with E-state index >= 15 is 0 Å². The van der Waals surface area contributed by atoms with Gasteiger partial charge in [0.05, 0.1) is 12.6 Å². The van der Waals surface area contributed by atoms with Crippen molar-refractivity contribution in [1.82, 2.24) is 5.32 Å². The summed E-state index contributed by atoms with van der Waals surface area (Å²) < 4.78 is 44.5. The third-order valence-corrected chi connectivity index (χ3v) is 4.56. The molecule has 8 heteroatoms. The van der Waals surface area contributed by atoms with Gasteiger partial charge in [-0.15, -0.1) is 0 Å². The van der Waals surface area contributed by atoms with Crippen molar-refractivity contribution < 1.29 is 27.5 Å². The molecule has 1 fully saturated rings. The van der Waals surface area contributed by atoms with Crippen LogP contribution in [-0.2, 0) is 20.7 Å². The number of alkyl halides is 3. The minimum Gasteiger partial charge on any atom is -0.364 e. The highest BCUT2D eigenvalue weighted by atomic mass is 19.4. The third-order valence-electron chi connectivity index (χ3n) is 4.56. The van der Waals surface area contributed by atoms with Gasteiger partial charge in [-0.25, -0.2) is 0 Å². The molecule has 28 heavy (non-hydrogen) atoms. The standard InChI is InChI=1S/C20H25F3N2O3/c1-2-18(26)25-15-10-7-14(8-11-15)9-12-19(27)24-13-17(20(21,22)23)28-16-5-3-4-6-16/h2,7-8,10-11,16-17H,1,3-6,9,12-13H2,(H,24,27)(H,25,26). The van der Waals surface area contributed by atoms with Crippen LogP contribution in [0.4, 0.5) is 18.9 Å². The average Bonchev–Trinajstić information content (AvgIpc) is 3.16. The quantitative estimate of drug-likeness (QED) is 0.623. The van der Waals surface area contributed by atoms with Gasteiger partial charge in [-0.3, -0.25) is 9.59 Å². The van der Waals surface area contributed by atoms with Gasteiger partial charge in [0.2, 0.25) is 11.8 Å². The third kappa shape index (κ3) is 7.34. The van der Waals surface area contributed by atoms with E-state index in [1.165, 1.54) is 0 Å². The molecule has 0 spiro atoms. The first-order valence-corrected chi connectivity index (χ1v) is 9.29. The molecule has 5 nitrogen and oxygen atoms in total. The molecule has 1 saturated carbocycles. The molecule has 2 N–H and O–H groups in total. The highest BCUT2D eigenvalue weighted by Crippen LogP contribution is 2.29. The number of anilines is 1. The monoisotopic (exact) mass is 398 g/mol. The lowest BCUT2D eigenvalue weighted by Crippen LogP contribution is -2.44. The summed E-state index contributed by atoms with van der Waals surface area (Å²) in [5.41, 5.74) is 1.43. The topological polar surface area (TPSA) is 67.4 Å². The molecule has 2 amide bonds. The maximum absolute atomic E-state index is 13.1. The largest absolute Gasteiger partial charge is 0.416 e. The van der Waals surface area contributed by atoms with Gasteiger partial charge in [-0.1, -0.05) is 31.6 Å². The molecule has 1 aromatic rings. The van der Waals surface area contributed by atoms with Crippen molar-refractivity contribution in [1.29, 1.82) is 0 Å². The van der Waals surface area contributed by atoms with E-state index in [-0.39, 0.29) is 18.4 Å². The molecule has 154 valence electrons. The van der Waals surface area contributed by atoms with Crippen LogP contribution in [0.25, 0.3) is 0 Å². The molecule has 0 aliphatic heterocycles. The first kappa shape index (κ1) is 21.9. The Balaban J connectivity index is 1.77. The molecule has 1 unspecified atom stereocenters. The summed E-state index contributed by atoms with van der Waals surface area (Å²) in [6, 6.07) is 6.86. The summed E-state index contributed by atoms with van der Waals surface area (Å²) in [7, 11) is 0. The van der Waals surface area contributed by atoms with Crippen LogP contribution in [-0.4, -0.2) is 36.7 Å². The van der Waals surface area contributed by atoms with Crippen molar-refractivity contribution in [2.24, 2.45) is 0 Å². The van der Waals surface area contributed by atoms with Crippen LogP contribution in [0.1, 0.15) is 37.7 Å². The Morgan fingerprint density at radius 1 is 1.21 bits per heavy atom. The molecule has 1 aliphatic rings. The lowest BCUT2D eigenvalue weighted by Gasteiger charge is -2.24. The molecule has 0 saturated heterocycles. The van der Waals surface area contributed by atoms with Crippen LogP contribution >= 0.6 is 0 Å². The predicted octanol–water partition coefficient (Wildman–Crippen LogP) is 3.75. The normalized spacial score (nSPS) is 15.8. The minimum atomic E-state index is -4.51. The molecule has 1 aromatic carbocycles. The highest BCUT2D eigenvalue weighted by molar-refractivity contribution is 5.98. The number of ether oxygens (including phenoxy) is 1. The Bertz CT molecular complexity index is 668. The number of hydrogen-bond acceptors (Lipinski definition) is 3. The Morgan fingerprint density at radius 2 is 1.86 bits per heavy atom. The molecule has 1 atom stereocenters. The summed E-state index contributed by atoms with van der Waals surface area (Å²) in [6.07, 6.45) is -2.28. The Kier molecular flexibility index (Phi) is 8.04. The van der Waals surface area contributed by atoms with E-state index in [1.807, 2.05) is 0 Å². The van der Waals surface area contributed by atoms with Crippen LogP contribution in [0.15, 0.2) is 36.9 Å². The smallest absolute Gasteiger partial charge is 0.364 e. The van der Waals surface area contributed by atoms with E-state index in [1.54, 1.807) is 24.3 Å². The number of amides is 2. The second-order valence-corrected chi connectivity index (χ2v) is 6.77. The molecule has 0 bridgehead atoms. The summed E-state index contributed by atoms with van der Waals surface area (Å²) in [5, 5.41) is 4.93. The summed E-state index contributed by atoms with van der Waals surface area (Å²) in [4.78, 5) is 23.1. The predicted molar refractivity (Wildman–Crippen MR) is 99.8 cm³/mol. The van der Waals surface area contributed by atoms with E-state index in [0.29, 0.717) is 24.9 Å². The van der Waals surface area contributed by atoms with Crippen LogP contribution < -0.4 is 10.6 Å². The van der Waals surface area contributed by atoms with Crippen molar-refractivity contribution in [2.45, 2.75) is 56.9 Å². The number of benzene rings is 1. The van der Waals surface area contributed by atoms with Gasteiger partial charge < -0.3 is 15.4 Å². The number of aryl methyl sites for hydroxylation is 1. The van der Waals surface area contributed by atoms with Crippen molar-refractivity contribution >= 4 is 17.5 Å². The first-order chi connectivity index (χ1) is 13.3. The van der Waals surface area contributed by atoms with Crippen LogP contribution in [0.3, 0.4) is 0 Å². The number of rotatable bonds is 9. The summed E-state index contributed by atoms with van der Waals surface area (Å²) in [6.45, 7) is 2.78. The van der Waals surface area contributed by atoms with E-state index in [4.69, 9.17) is 4.74 Å².